The van der Waals surface area contributed by atoms with Crippen LogP contribution in [0.15, 0.2) is 54.6 Å². The molecule has 0 radical (unpaired) electrons. The number of benzene rings is 2. The first-order chi connectivity index (χ1) is 13.5. The maximum atomic E-state index is 12.8. The standard InChI is InChI=1S/C22H24N2O4/c1-15(2)17-10-6-7-11-18(17)23-21(26)19-12-13-20(25)24(19)22(27)28-14-16-8-4-3-5-9-16/h3-11,15,19H,12-14H2,1-2H3,(H,23,26)/t19-/m0/s1. The number of carbonyl (C=O) groups excluding carboxylic acids is 3. The average molecular weight is 380 g/mol. The third kappa shape index (κ3) is 4.39. The van der Waals surface area contributed by atoms with Crippen molar-refractivity contribution < 1.29 is 19.1 Å². The summed E-state index contributed by atoms with van der Waals surface area (Å²) in [5.74, 6) is -0.542. The zero-order chi connectivity index (χ0) is 20.1. The Kier molecular flexibility index (Phi) is 6.09. The highest BCUT2D eigenvalue weighted by atomic mass is 16.6. The van der Waals surface area contributed by atoms with E-state index in [9.17, 15) is 14.4 Å². The van der Waals surface area contributed by atoms with Crippen molar-refractivity contribution in [2.24, 2.45) is 0 Å². The smallest absolute Gasteiger partial charge is 0.417 e. The molecular formula is C22H24N2O4. The van der Waals surface area contributed by atoms with E-state index in [1.165, 1.54) is 0 Å². The van der Waals surface area contributed by atoms with E-state index < -0.39 is 18.0 Å². The third-order valence-corrected chi connectivity index (χ3v) is 4.76. The first-order valence-corrected chi connectivity index (χ1v) is 9.40. The molecule has 1 fully saturated rings. The molecule has 1 aliphatic heterocycles. The first kappa shape index (κ1) is 19.6. The summed E-state index contributed by atoms with van der Waals surface area (Å²) >= 11 is 0. The van der Waals surface area contributed by atoms with Crippen molar-refractivity contribution in [2.75, 3.05) is 5.32 Å². The number of nitrogens with zero attached hydrogens (tertiary/aromatic N) is 1. The largest absolute Gasteiger partial charge is 0.444 e. The molecule has 6 heteroatoms. The second-order valence-electron chi connectivity index (χ2n) is 7.09. The van der Waals surface area contributed by atoms with Gasteiger partial charge in [0.05, 0.1) is 0 Å². The fourth-order valence-electron chi connectivity index (χ4n) is 3.28. The summed E-state index contributed by atoms with van der Waals surface area (Å²) in [5.41, 5.74) is 2.51. The minimum Gasteiger partial charge on any atom is -0.444 e. The van der Waals surface area contributed by atoms with E-state index in [4.69, 9.17) is 4.74 Å². The van der Waals surface area contributed by atoms with Crippen LogP contribution in [0.5, 0.6) is 0 Å². The Labute approximate surface area is 164 Å². The highest BCUT2D eigenvalue weighted by Crippen LogP contribution is 2.26. The molecule has 3 rings (SSSR count). The summed E-state index contributed by atoms with van der Waals surface area (Å²) in [6, 6.07) is 15.9. The van der Waals surface area contributed by atoms with Crippen LogP contribution < -0.4 is 5.32 Å². The van der Waals surface area contributed by atoms with Crippen molar-refractivity contribution in [1.29, 1.82) is 0 Å². The van der Waals surface area contributed by atoms with Gasteiger partial charge in [-0.15, -0.1) is 0 Å². The second-order valence-corrected chi connectivity index (χ2v) is 7.09. The molecule has 0 aromatic heterocycles. The number of imide groups is 1. The van der Waals surface area contributed by atoms with E-state index in [0.717, 1.165) is 16.0 Å². The monoisotopic (exact) mass is 380 g/mol. The molecule has 1 N–H and O–H groups in total. The molecule has 28 heavy (non-hydrogen) atoms. The van der Waals surface area contributed by atoms with Gasteiger partial charge in [0, 0.05) is 12.1 Å². The molecule has 2 aromatic carbocycles. The minimum atomic E-state index is -0.865. The lowest BCUT2D eigenvalue weighted by atomic mass is 10.0. The molecule has 6 nitrogen and oxygen atoms in total. The number of carbonyl (C=O) groups is 3. The summed E-state index contributed by atoms with van der Waals surface area (Å²) in [7, 11) is 0. The van der Waals surface area contributed by atoms with Crippen LogP contribution in [0, 0.1) is 0 Å². The second kappa shape index (κ2) is 8.69. The maximum absolute atomic E-state index is 12.8. The quantitative estimate of drug-likeness (QED) is 0.848. The van der Waals surface area contributed by atoms with Gasteiger partial charge in [-0.25, -0.2) is 9.69 Å². The van der Waals surface area contributed by atoms with Crippen molar-refractivity contribution in [2.45, 2.75) is 45.3 Å². The lowest BCUT2D eigenvalue weighted by Crippen LogP contribution is -2.45. The molecule has 1 aliphatic rings. The van der Waals surface area contributed by atoms with Gasteiger partial charge in [-0.2, -0.15) is 0 Å². The van der Waals surface area contributed by atoms with E-state index in [1.54, 1.807) is 0 Å². The zero-order valence-corrected chi connectivity index (χ0v) is 16.1. The Bertz CT molecular complexity index is 864. The molecule has 0 bridgehead atoms. The van der Waals surface area contributed by atoms with Gasteiger partial charge in [0.1, 0.15) is 12.6 Å². The van der Waals surface area contributed by atoms with Crippen LogP contribution in [0.3, 0.4) is 0 Å². The van der Waals surface area contributed by atoms with E-state index in [2.05, 4.69) is 5.32 Å². The highest BCUT2D eigenvalue weighted by Gasteiger charge is 2.41. The number of anilines is 1. The van der Waals surface area contributed by atoms with Gasteiger partial charge in [-0.3, -0.25) is 9.59 Å². The molecule has 1 atom stereocenters. The van der Waals surface area contributed by atoms with E-state index in [1.807, 2.05) is 68.4 Å². The minimum absolute atomic E-state index is 0.0496. The van der Waals surface area contributed by atoms with Crippen LogP contribution in [0.25, 0.3) is 0 Å². The predicted molar refractivity (Wildman–Crippen MR) is 106 cm³/mol. The summed E-state index contributed by atoms with van der Waals surface area (Å²) in [6.45, 7) is 4.13. The molecule has 0 unspecified atom stereocenters. The number of nitrogens with one attached hydrogen (secondary N) is 1. The van der Waals surface area contributed by atoms with Gasteiger partial charge in [0.15, 0.2) is 0 Å². The van der Waals surface area contributed by atoms with Crippen LogP contribution in [-0.2, 0) is 20.9 Å². The molecule has 146 valence electrons. The van der Waals surface area contributed by atoms with Crippen LogP contribution in [0.4, 0.5) is 10.5 Å². The van der Waals surface area contributed by atoms with Crippen molar-refractivity contribution in [1.82, 2.24) is 4.90 Å². The van der Waals surface area contributed by atoms with Gasteiger partial charge >= 0.3 is 6.09 Å². The lowest BCUT2D eigenvalue weighted by Gasteiger charge is -2.22. The Morgan fingerprint density at radius 2 is 1.79 bits per heavy atom. The van der Waals surface area contributed by atoms with E-state index in [0.29, 0.717) is 5.69 Å². The number of amides is 3. The number of likely N-dealkylation sites (tertiary alicyclic amines) is 1. The Hall–Kier alpha value is -3.15. The van der Waals surface area contributed by atoms with Gasteiger partial charge < -0.3 is 10.1 Å². The van der Waals surface area contributed by atoms with Crippen molar-refractivity contribution >= 4 is 23.6 Å². The van der Waals surface area contributed by atoms with Gasteiger partial charge in [0.2, 0.25) is 11.8 Å². The van der Waals surface area contributed by atoms with Crippen LogP contribution in [0.1, 0.15) is 43.7 Å². The Morgan fingerprint density at radius 1 is 1.11 bits per heavy atom. The fourth-order valence-corrected chi connectivity index (χ4v) is 3.28. The molecule has 3 amide bonds. The van der Waals surface area contributed by atoms with Crippen molar-refractivity contribution in [3.05, 3.63) is 65.7 Å². The molecule has 2 aromatic rings. The van der Waals surface area contributed by atoms with Gasteiger partial charge in [0.25, 0.3) is 0 Å². The van der Waals surface area contributed by atoms with Gasteiger partial charge in [-0.1, -0.05) is 62.4 Å². The van der Waals surface area contributed by atoms with Gasteiger partial charge in [-0.05, 0) is 29.5 Å². The summed E-state index contributed by atoms with van der Waals surface area (Å²) in [6.07, 6.45) is -0.358. The summed E-state index contributed by atoms with van der Waals surface area (Å²) in [4.78, 5) is 38.4. The molecule has 0 spiro atoms. The number of hydrogen-bond donors (Lipinski definition) is 1. The Morgan fingerprint density at radius 3 is 2.50 bits per heavy atom. The SMILES string of the molecule is CC(C)c1ccccc1NC(=O)[C@@H]1CCC(=O)N1C(=O)OCc1ccccc1. The zero-order valence-electron chi connectivity index (χ0n) is 16.1. The van der Waals surface area contributed by atoms with Crippen molar-refractivity contribution in [3.63, 3.8) is 0 Å². The molecule has 0 aliphatic carbocycles. The number of ether oxygens (including phenoxy) is 1. The number of hydrogen-bond acceptors (Lipinski definition) is 4. The number of para-hydroxylation sites is 1. The molecule has 1 heterocycles. The summed E-state index contributed by atoms with van der Waals surface area (Å²) < 4.78 is 5.26. The van der Waals surface area contributed by atoms with Crippen molar-refractivity contribution in [3.8, 4) is 0 Å². The highest BCUT2D eigenvalue weighted by molar-refractivity contribution is 6.04. The maximum Gasteiger partial charge on any atom is 0.417 e. The predicted octanol–water partition coefficient (Wildman–Crippen LogP) is 4.08. The van der Waals surface area contributed by atoms with Crippen LogP contribution in [0.2, 0.25) is 0 Å². The molecule has 1 saturated heterocycles. The molecular weight excluding hydrogens is 356 g/mol. The van der Waals surface area contributed by atoms with E-state index >= 15 is 0 Å². The van der Waals surface area contributed by atoms with E-state index in [-0.39, 0.29) is 31.3 Å². The lowest BCUT2D eigenvalue weighted by molar-refractivity contribution is -0.131. The number of rotatable bonds is 5. The molecule has 0 saturated carbocycles. The normalized spacial score (nSPS) is 16.3. The average Bonchev–Trinajstić information content (AvgIpc) is 3.09. The Balaban J connectivity index is 1.69. The fraction of sp³-hybridized carbons (Fsp3) is 0.318. The third-order valence-electron chi connectivity index (χ3n) is 4.76. The van der Waals surface area contributed by atoms with Crippen LogP contribution in [-0.4, -0.2) is 28.8 Å². The summed E-state index contributed by atoms with van der Waals surface area (Å²) in [5, 5.41) is 2.87. The topological polar surface area (TPSA) is 75.7 Å². The first-order valence-electron chi connectivity index (χ1n) is 9.40. The van der Waals surface area contributed by atoms with Crippen LogP contribution >= 0.6 is 0 Å².